The van der Waals surface area contributed by atoms with E-state index in [2.05, 4.69) is 21.4 Å². The number of aryl methyl sites for hydroxylation is 2. The van der Waals surface area contributed by atoms with Gasteiger partial charge in [0.05, 0.1) is 17.5 Å². The van der Waals surface area contributed by atoms with Crippen molar-refractivity contribution < 1.29 is 9.59 Å². The Morgan fingerprint density at radius 1 is 1.32 bits per heavy atom. The van der Waals surface area contributed by atoms with Crippen LogP contribution in [-0.2, 0) is 9.59 Å². The molecule has 1 unspecified atom stereocenters. The molecule has 0 aliphatic rings. The molecule has 1 atom stereocenters. The predicted octanol–water partition coefficient (Wildman–Crippen LogP) is 1.79. The summed E-state index contributed by atoms with van der Waals surface area (Å²) in [7, 11) is 0. The molecule has 6 nitrogen and oxygen atoms in total. The zero-order valence-electron chi connectivity index (χ0n) is 13.4. The first kappa shape index (κ1) is 18.1. The molecule has 0 bridgehead atoms. The maximum Gasteiger partial charge on any atom is 0.231 e. The van der Waals surface area contributed by atoms with E-state index < -0.39 is 6.04 Å². The van der Waals surface area contributed by atoms with E-state index in [0.29, 0.717) is 22.1 Å². The van der Waals surface area contributed by atoms with Crippen molar-refractivity contribution in [2.75, 3.05) is 5.75 Å². The van der Waals surface area contributed by atoms with Crippen LogP contribution in [0.15, 0.2) is 5.03 Å². The molecule has 118 valence electrons. The van der Waals surface area contributed by atoms with Crippen LogP contribution in [-0.4, -0.2) is 33.5 Å². The van der Waals surface area contributed by atoms with Crippen LogP contribution in [0.4, 0.5) is 0 Å². The van der Waals surface area contributed by atoms with Crippen molar-refractivity contribution in [3.05, 3.63) is 17.1 Å². The highest BCUT2D eigenvalue weighted by atomic mass is 32.2. The van der Waals surface area contributed by atoms with Gasteiger partial charge in [-0.3, -0.25) is 9.59 Å². The Bertz CT molecular complexity index is 623. The van der Waals surface area contributed by atoms with Gasteiger partial charge in [-0.1, -0.05) is 25.6 Å². The monoisotopic (exact) mass is 320 g/mol. The Balaban J connectivity index is 2.77. The number of hydrogen-bond donors (Lipinski definition) is 1. The molecule has 1 amide bonds. The molecule has 0 saturated carbocycles. The van der Waals surface area contributed by atoms with Crippen LogP contribution in [0, 0.1) is 31.1 Å². The number of ketones is 1. The van der Waals surface area contributed by atoms with Crippen LogP contribution in [0.3, 0.4) is 0 Å². The van der Waals surface area contributed by atoms with Gasteiger partial charge in [0, 0.05) is 0 Å². The molecular weight excluding hydrogens is 300 g/mol. The minimum absolute atomic E-state index is 0.0321. The highest BCUT2D eigenvalue weighted by molar-refractivity contribution is 8.00. The minimum atomic E-state index is -0.489. The average Bonchev–Trinajstić information content (AvgIpc) is 2.41. The van der Waals surface area contributed by atoms with Gasteiger partial charge in [-0.05, 0) is 26.7 Å². The van der Waals surface area contributed by atoms with Gasteiger partial charge in [0.25, 0.3) is 0 Å². The van der Waals surface area contributed by atoms with E-state index in [0.717, 1.165) is 0 Å². The van der Waals surface area contributed by atoms with Gasteiger partial charge >= 0.3 is 0 Å². The molecule has 0 spiro atoms. The van der Waals surface area contributed by atoms with Gasteiger partial charge in [-0.25, -0.2) is 9.97 Å². The lowest BCUT2D eigenvalue weighted by atomic mass is 10.0. The third-order valence-electron chi connectivity index (χ3n) is 3.04. The number of Topliss-reactive ketones (excluding diaryl/α,β-unsaturated/α-hetero) is 1. The lowest BCUT2D eigenvalue weighted by Crippen LogP contribution is -2.44. The maximum absolute atomic E-state index is 12.0. The van der Waals surface area contributed by atoms with Crippen LogP contribution in [0.25, 0.3) is 0 Å². The van der Waals surface area contributed by atoms with Crippen LogP contribution in [0.1, 0.15) is 37.9 Å². The fourth-order valence-electron chi connectivity index (χ4n) is 2.00. The Morgan fingerprint density at radius 3 is 2.45 bits per heavy atom. The molecular formula is C15H20N4O2S. The number of carbonyl (C=O) groups is 2. The fourth-order valence-corrected chi connectivity index (χ4v) is 2.89. The summed E-state index contributed by atoms with van der Waals surface area (Å²) in [4.78, 5) is 31.8. The van der Waals surface area contributed by atoms with Crippen molar-refractivity contribution in [2.45, 2.75) is 45.7 Å². The largest absolute Gasteiger partial charge is 0.345 e. The van der Waals surface area contributed by atoms with Crippen LogP contribution >= 0.6 is 11.8 Å². The second-order valence-electron chi connectivity index (χ2n) is 5.34. The van der Waals surface area contributed by atoms with E-state index in [4.69, 9.17) is 5.26 Å². The molecule has 1 aromatic rings. The Morgan fingerprint density at radius 2 is 1.95 bits per heavy atom. The number of thioether (sulfide) groups is 1. The topological polar surface area (TPSA) is 95.7 Å². The van der Waals surface area contributed by atoms with E-state index in [1.165, 1.54) is 18.7 Å². The third kappa shape index (κ3) is 4.81. The quantitative estimate of drug-likeness (QED) is 0.634. The first-order valence-electron chi connectivity index (χ1n) is 6.94. The van der Waals surface area contributed by atoms with Gasteiger partial charge < -0.3 is 5.32 Å². The van der Waals surface area contributed by atoms with Gasteiger partial charge in [0.2, 0.25) is 5.91 Å². The smallest absolute Gasteiger partial charge is 0.231 e. The molecule has 0 aliphatic heterocycles. The zero-order chi connectivity index (χ0) is 16.9. The number of nitriles is 1. The van der Waals surface area contributed by atoms with Gasteiger partial charge in [-0.15, -0.1) is 0 Å². The predicted molar refractivity (Wildman–Crippen MR) is 84.4 cm³/mol. The summed E-state index contributed by atoms with van der Waals surface area (Å²) >= 11 is 1.18. The molecule has 1 rings (SSSR count). The molecule has 22 heavy (non-hydrogen) atoms. The third-order valence-corrected chi connectivity index (χ3v) is 4.02. The highest BCUT2D eigenvalue weighted by Crippen LogP contribution is 2.21. The Kier molecular flexibility index (Phi) is 6.50. The molecule has 0 fully saturated rings. The van der Waals surface area contributed by atoms with Gasteiger partial charge in [0.15, 0.2) is 5.78 Å². The Labute approximate surface area is 134 Å². The average molecular weight is 320 g/mol. The standard InChI is InChI=1S/C15H20N4O2S/c1-8(2)14(10(4)20)19-13(21)7-22-15-12(6-16)9(3)17-11(5)18-15/h8,14H,7H2,1-5H3,(H,19,21). The number of aromatic nitrogens is 2. The number of nitrogens with zero attached hydrogens (tertiary/aromatic N) is 3. The fraction of sp³-hybridized carbons (Fsp3) is 0.533. The van der Waals surface area contributed by atoms with Crippen LogP contribution < -0.4 is 5.32 Å². The second kappa shape index (κ2) is 7.90. The SMILES string of the molecule is CC(=O)C(NC(=O)CSc1nc(C)nc(C)c1C#N)C(C)C. The lowest BCUT2D eigenvalue weighted by Gasteiger charge is -2.19. The van der Waals surface area contributed by atoms with E-state index in [9.17, 15) is 9.59 Å². The molecule has 0 saturated heterocycles. The summed E-state index contributed by atoms with van der Waals surface area (Å²) in [5.41, 5.74) is 0.983. The summed E-state index contributed by atoms with van der Waals surface area (Å²) in [6, 6.07) is 1.57. The number of hydrogen-bond acceptors (Lipinski definition) is 6. The number of carbonyl (C=O) groups excluding carboxylic acids is 2. The van der Waals surface area contributed by atoms with E-state index in [-0.39, 0.29) is 23.4 Å². The Hall–Kier alpha value is -1.94. The normalized spacial score (nSPS) is 11.9. The second-order valence-corrected chi connectivity index (χ2v) is 6.30. The first-order chi connectivity index (χ1) is 10.3. The van der Waals surface area contributed by atoms with Crippen molar-refractivity contribution in [3.63, 3.8) is 0 Å². The lowest BCUT2D eigenvalue weighted by molar-refractivity contribution is -0.126. The first-order valence-corrected chi connectivity index (χ1v) is 7.92. The van der Waals surface area contributed by atoms with E-state index in [1.54, 1.807) is 13.8 Å². The molecule has 1 aromatic heterocycles. The van der Waals surface area contributed by atoms with Crippen molar-refractivity contribution in [1.82, 2.24) is 15.3 Å². The summed E-state index contributed by atoms with van der Waals surface area (Å²) in [6.45, 7) is 8.70. The molecule has 0 aliphatic carbocycles. The van der Waals surface area contributed by atoms with E-state index in [1.807, 2.05) is 13.8 Å². The van der Waals surface area contributed by atoms with Crippen molar-refractivity contribution >= 4 is 23.5 Å². The van der Waals surface area contributed by atoms with E-state index >= 15 is 0 Å². The summed E-state index contributed by atoms with van der Waals surface area (Å²) in [6.07, 6.45) is 0. The van der Waals surface area contributed by atoms with Crippen LogP contribution in [0.2, 0.25) is 0 Å². The molecule has 0 radical (unpaired) electrons. The molecule has 1 N–H and O–H groups in total. The maximum atomic E-state index is 12.0. The summed E-state index contributed by atoms with van der Waals surface area (Å²) in [5, 5.41) is 12.4. The molecule has 0 aromatic carbocycles. The van der Waals surface area contributed by atoms with Gasteiger partial charge in [0.1, 0.15) is 22.5 Å². The zero-order valence-corrected chi connectivity index (χ0v) is 14.2. The van der Waals surface area contributed by atoms with Crippen LogP contribution in [0.5, 0.6) is 0 Å². The number of amides is 1. The summed E-state index contributed by atoms with van der Waals surface area (Å²) < 4.78 is 0. The number of rotatable bonds is 6. The van der Waals surface area contributed by atoms with Gasteiger partial charge in [-0.2, -0.15) is 5.26 Å². The van der Waals surface area contributed by atoms with Crippen molar-refractivity contribution in [2.24, 2.45) is 5.92 Å². The van der Waals surface area contributed by atoms with Crippen molar-refractivity contribution in [3.8, 4) is 6.07 Å². The highest BCUT2D eigenvalue weighted by Gasteiger charge is 2.21. The molecule has 1 heterocycles. The summed E-state index contributed by atoms with van der Waals surface area (Å²) in [5.74, 6) is 0.366. The number of nitrogens with one attached hydrogen (secondary N) is 1. The molecule has 7 heteroatoms. The minimum Gasteiger partial charge on any atom is -0.345 e. The van der Waals surface area contributed by atoms with Crippen molar-refractivity contribution in [1.29, 1.82) is 5.26 Å².